The molecule has 1 aromatic rings. The molecule has 2 atom stereocenters. The van der Waals surface area contributed by atoms with Crippen molar-refractivity contribution in [3.63, 3.8) is 0 Å². The SMILES string of the molecule is Cc1cn(C2CCCC2C)c(N)n1. The summed E-state index contributed by atoms with van der Waals surface area (Å²) in [5.74, 6) is 1.42. The molecular formula is C10H17N3. The lowest BCUT2D eigenvalue weighted by atomic mass is 10.1. The van der Waals surface area contributed by atoms with Gasteiger partial charge in [0.25, 0.3) is 0 Å². The smallest absolute Gasteiger partial charge is 0.200 e. The van der Waals surface area contributed by atoms with Crippen molar-refractivity contribution in [2.75, 3.05) is 5.73 Å². The second kappa shape index (κ2) is 3.05. The Morgan fingerprint density at radius 1 is 1.54 bits per heavy atom. The van der Waals surface area contributed by atoms with Crippen molar-refractivity contribution in [1.29, 1.82) is 0 Å². The van der Waals surface area contributed by atoms with Crippen LogP contribution in [-0.4, -0.2) is 9.55 Å². The van der Waals surface area contributed by atoms with Crippen molar-refractivity contribution in [2.24, 2.45) is 5.92 Å². The summed E-state index contributed by atoms with van der Waals surface area (Å²) in [7, 11) is 0. The van der Waals surface area contributed by atoms with Crippen LogP contribution in [0.1, 0.15) is 37.9 Å². The maximum atomic E-state index is 5.84. The average Bonchev–Trinajstić information content (AvgIpc) is 2.58. The van der Waals surface area contributed by atoms with Crippen LogP contribution in [0, 0.1) is 12.8 Å². The monoisotopic (exact) mass is 179 g/mol. The van der Waals surface area contributed by atoms with Crippen molar-refractivity contribution in [1.82, 2.24) is 9.55 Å². The van der Waals surface area contributed by atoms with E-state index in [-0.39, 0.29) is 0 Å². The van der Waals surface area contributed by atoms with Crippen LogP contribution in [-0.2, 0) is 0 Å². The summed E-state index contributed by atoms with van der Waals surface area (Å²) in [6.45, 7) is 4.29. The quantitative estimate of drug-likeness (QED) is 0.717. The molecule has 1 aliphatic carbocycles. The van der Waals surface area contributed by atoms with Crippen LogP contribution < -0.4 is 5.73 Å². The minimum Gasteiger partial charge on any atom is -0.369 e. The first kappa shape index (κ1) is 8.60. The van der Waals surface area contributed by atoms with Crippen molar-refractivity contribution < 1.29 is 0 Å². The lowest BCUT2D eigenvalue weighted by Crippen LogP contribution is -2.13. The number of nitrogen functional groups attached to an aromatic ring is 1. The van der Waals surface area contributed by atoms with Crippen LogP contribution in [0.3, 0.4) is 0 Å². The Bertz CT molecular complexity index is 303. The standard InChI is InChI=1S/C10H17N3/c1-7-4-3-5-9(7)13-6-8(2)12-10(13)11/h6-7,9H,3-5H2,1-2H3,(H2,11,12). The number of rotatable bonds is 1. The summed E-state index contributed by atoms with van der Waals surface area (Å²) < 4.78 is 2.15. The molecule has 72 valence electrons. The minimum absolute atomic E-state index is 0.584. The first-order valence-corrected chi connectivity index (χ1v) is 4.99. The predicted octanol–water partition coefficient (Wildman–Crippen LogP) is 2.13. The van der Waals surface area contributed by atoms with E-state index in [9.17, 15) is 0 Å². The molecule has 0 spiro atoms. The largest absolute Gasteiger partial charge is 0.369 e. The van der Waals surface area contributed by atoms with E-state index in [0.717, 1.165) is 11.6 Å². The van der Waals surface area contributed by atoms with E-state index in [1.807, 2.05) is 6.92 Å². The molecule has 3 heteroatoms. The molecule has 13 heavy (non-hydrogen) atoms. The van der Waals surface area contributed by atoms with Gasteiger partial charge < -0.3 is 10.3 Å². The van der Waals surface area contributed by atoms with Gasteiger partial charge in [-0.3, -0.25) is 0 Å². The highest BCUT2D eigenvalue weighted by molar-refractivity contribution is 5.22. The van der Waals surface area contributed by atoms with E-state index in [1.165, 1.54) is 19.3 Å². The van der Waals surface area contributed by atoms with E-state index in [4.69, 9.17) is 5.73 Å². The van der Waals surface area contributed by atoms with E-state index < -0.39 is 0 Å². The topological polar surface area (TPSA) is 43.8 Å². The molecule has 2 unspecified atom stereocenters. The van der Waals surface area contributed by atoms with E-state index in [1.54, 1.807) is 0 Å². The molecule has 0 saturated heterocycles. The lowest BCUT2D eigenvalue weighted by Gasteiger charge is -2.17. The van der Waals surface area contributed by atoms with Gasteiger partial charge in [-0.15, -0.1) is 0 Å². The Morgan fingerprint density at radius 2 is 2.31 bits per heavy atom. The first-order valence-electron chi connectivity index (χ1n) is 4.99. The number of anilines is 1. The number of nitrogens with zero attached hydrogens (tertiary/aromatic N) is 2. The highest BCUT2D eigenvalue weighted by Crippen LogP contribution is 2.36. The summed E-state index contributed by atoms with van der Waals surface area (Å²) in [4.78, 5) is 4.23. The zero-order chi connectivity index (χ0) is 9.42. The Hall–Kier alpha value is -0.990. The van der Waals surface area contributed by atoms with Crippen molar-refractivity contribution in [2.45, 2.75) is 39.2 Å². The Balaban J connectivity index is 2.28. The van der Waals surface area contributed by atoms with Gasteiger partial charge in [-0.25, -0.2) is 4.98 Å². The fourth-order valence-electron chi connectivity index (χ4n) is 2.34. The normalized spacial score (nSPS) is 28.2. The Morgan fingerprint density at radius 3 is 2.77 bits per heavy atom. The highest BCUT2D eigenvalue weighted by atomic mass is 15.2. The highest BCUT2D eigenvalue weighted by Gasteiger charge is 2.26. The van der Waals surface area contributed by atoms with Crippen molar-refractivity contribution in [3.8, 4) is 0 Å². The minimum atomic E-state index is 0.584. The van der Waals surface area contributed by atoms with Crippen LogP contribution in [0.15, 0.2) is 6.20 Å². The van der Waals surface area contributed by atoms with Gasteiger partial charge in [0.15, 0.2) is 0 Å². The van der Waals surface area contributed by atoms with Crippen LogP contribution in [0.25, 0.3) is 0 Å². The predicted molar refractivity (Wildman–Crippen MR) is 53.4 cm³/mol. The third-order valence-electron chi connectivity index (χ3n) is 3.05. The van der Waals surface area contributed by atoms with E-state index >= 15 is 0 Å². The van der Waals surface area contributed by atoms with Gasteiger partial charge in [0.1, 0.15) is 0 Å². The fourth-order valence-corrected chi connectivity index (χ4v) is 2.34. The summed E-state index contributed by atoms with van der Waals surface area (Å²) in [6, 6.07) is 0.584. The lowest BCUT2D eigenvalue weighted by molar-refractivity contribution is 0.412. The van der Waals surface area contributed by atoms with Gasteiger partial charge in [-0.1, -0.05) is 13.3 Å². The number of hydrogen-bond acceptors (Lipinski definition) is 2. The van der Waals surface area contributed by atoms with Crippen molar-refractivity contribution in [3.05, 3.63) is 11.9 Å². The first-order chi connectivity index (χ1) is 6.18. The van der Waals surface area contributed by atoms with Crippen LogP contribution in [0.5, 0.6) is 0 Å². The molecule has 0 radical (unpaired) electrons. The third-order valence-corrected chi connectivity index (χ3v) is 3.05. The molecular weight excluding hydrogens is 162 g/mol. The van der Waals surface area contributed by atoms with E-state index in [2.05, 4.69) is 22.7 Å². The summed E-state index contributed by atoms with van der Waals surface area (Å²) >= 11 is 0. The van der Waals surface area contributed by atoms with Crippen LogP contribution in [0.4, 0.5) is 5.95 Å². The van der Waals surface area contributed by atoms with Gasteiger partial charge in [0.2, 0.25) is 5.95 Å². The Labute approximate surface area is 79.0 Å². The zero-order valence-electron chi connectivity index (χ0n) is 8.33. The molecule has 2 rings (SSSR count). The molecule has 0 aliphatic heterocycles. The number of nitrogens with two attached hydrogens (primary N) is 1. The van der Waals surface area contributed by atoms with Gasteiger partial charge in [-0.2, -0.15) is 0 Å². The molecule has 1 fully saturated rings. The molecule has 1 heterocycles. The number of aromatic nitrogens is 2. The molecule has 0 bridgehead atoms. The van der Waals surface area contributed by atoms with Crippen LogP contribution >= 0.6 is 0 Å². The van der Waals surface area contributed by atoms with E-state index in [0.29, 0.717) is 12.0 Å². The second-order valence-electron chi connectivity index (χ2n) is 4.12. The van der Waals surface area contributed by atoms with Crippen LogP contribution in [0.2, 0.25) is 0 Å². The summed E-state index contributed by atoms with van der Waals surface area (Å²) in [5, 5.41) is 0. The third kappa shape index (κ3) is 1.43. The van der Waals surface area contributed by atoms with Gasteiger partial charge in [-0.05, 0) is 25.7 Å². The molecule has 1 saturated carbocycles. The van der Waals surface area contributed by atoms with Gasteiger partial charge >= 0.3 is 0 Å². The van der Waals surface area contributed by atoms with Gasteiger partial charge in [0, 0.05) is 12.2 Å². The average molecular weight is 179 g/mol. The van der Waals surface area contributed by atoms with Gasteiger partial charge in [0.05, 0.1) is 5.69 Å². The molecule has 1 aliphatic rings. The fraction of sp³-hybridized carbons (Fsp3) is 0.700. The Kier molecular flexibility index (Phi) is 2.02. The number of aryl methyl sites for hydroxylation is 1. The molecule has 1 aromatic heterocycles. The summed E-state index contributed by atoms with van der Waals surface area (Å²) in [5.41, 5.74) is 6.86. The molecule has 2 N–H and O–H groups in total. The number of imidazole rings is 1. The molecule has 3 nitrogen and oxygen atoms in total. The second-order valence-corrected chi connectivity index (χ2v) is 4.12. The maximum Gasteiger partial charge on any atom is 0.200 e. The summed E-state index contributed by atoms with van der Waals surface area (Å²) in [6.07, 6.45) is 5.97. The molecule has 0 amide bonds. The number of hydrogen-bond donors (Lipinski definition) is 1. The maximum absolute atomic E-state index is 5.84. The zero-order valence-corrected chi connectivity index (χ0v) is 8.33. The van der Waals surface area contributed by atoms with Crippen molar-refractivity contribution >= 4 is 5.95 Å². The molecule has 0 aromatic carbocycles.